The number of fused-ring (bicyclic) bond motifs is 2. The van der Waals surface area contributed by atoms with Crippen molar-refractivity contribution in [2.24, 2.45) is 5.10 Å². The van der Waals surface area contributed by atoms with Crippen LogP contribution in [0.25, 0.3) is 33.5 Å². The molecule has 0 aliphatic rings. The number of aromatic carboxylic acids is 1. The lowest BCUT2D eigenvalue weighted by molar-refractivity contribution is 0.0696. The maximum atomic E-state index is 13.7. The van der Waals surface area contributed by atoms with Gasteiger partial charge in [0.15, 0.2) is 17.3 Å². The Kier molecular flexibility index (Phi) is 8.32. The largest absolute Gasteiger partial charge is 0.490 e. The molecule has 2 aromatic heterocycles. The molecule has 220 valence electrons. The van der Waals surface area contributed by atoms with Crippen LogP contribution in [0.2, 0.25) is 0 Å². The van der Waals surface area contributed by atoms with E-state index in [2.05, 4.69) is 37.0 Å². The molecule has 4 aromatic carbocycles. The minimum absolute atomic E-state index is 0.136. The van der Waals surface area contributed by atoms with Crippen molar-refractivity contribution in [3.8, 4) is 23.1 Å². The van der Waals surface area contributed by atoms with Crippen LogP contribution >= 0.6 is 31.9 Å². The summed E-state index contributed by atoms with van der Waals surface area (Å²) in [7, 11) is 0. The molecule has 0 amide bonds. The van der Waals surface area contributed by atoms with Gasteiger partial charge in [0.1, 0.15) is 12.2 Å². The van der Waals surface area contributed by atoms with Gasteiger partial charge in [-0.1, -0.05) is 40.2 Å². The second-order valence-electron chi connectivity index (χ2n) is 9.65. The number of furan rings is 1. The summed E-state index contributed by atoms with van der Waals surface area (Å²) in [4.78, 5) is 29.8. The zero-order chi connectivity index (χ0) is 30.8. The van der Waals surface area contributed by atoms with Gasteiger partial charge in [-0.2, -0.15) is 9.78 Å². The summed E-state index contributed by atoms with van der Waals surface area (Å²) in [5.41, 5.74) is 2.31. The highest BCUT2D eigenvalue weighted by Gasteiger charge is 2.17. The number of benzene rings is 4. The van der Waals surface area contributed by atoms with E-state index in [1.54, 1.807) is 48.5 Å². The monoisotopic (exact) mass is 715 g/mol. The Morgan fingerprint density at radius 2 is 1.82 bits per heavy atom. The number of carbonyl (C=O) groups is 1. The van der Waals surface area contributed by atoms with Crippen LogP contribution < -0.4 is 15.0 Å². The van der Waals surface area contributed by atoms with Gasteiger partial charge in [-0.25, -0.2) is 9.78 Å². The Balaban J connectivity index is 1.38. The van der Waals surface area contributed by atoms with Crippen molar-refractivity contribution in [3.05, 3.63) is 121 Å². The van der Waals surface area contributed by atoms with Gasteiger partial charge >= 0.3 is 5.97 Å². The van der Waals surface area contributed by atoms with Crippen LogP contribution in [0.15, 0.2) is 108 Å². The van der Waals surface area contributed by atoms with Crippen molar-refractivity contribution in [2.45, 2.75) is 13.5 Å². The number of hydrogen-bond acceptors (Lipinski definition) is 7. The highest BCUT2D eigenvalue weighted by Crippen LogP contribution is 2.34. The first-order valence-electron chi connectivity index (χ1n) is 13.5. The third kappa shape index (κ3) is 6.01. The number of rotatable bonds is 9. The second-order valence-corrected chi connectivity index (χ2v) is 11.4. The summed E-state index contributed by atoms with van der Waals surface area (Å²) in [6.45, 7) is 2.37. The minimum atomic E-state index is -1.01. The normalized spacial score (nSPS) is 11.4. The summed E-state index contributed by atoms with van der Waals surface area (Å²) in [6.07, 6.45) is 1.54. The Morgan fingerprint density at radius 3 is 2.64 bits per heavy atom. The molecular weight excluding hydrogens is 694 g/mol. The maximum absolute atomic E-state index is 13.7. The SMILES string of the molecule is CCOc1cc(C=Nn2c(-c3cc4cc(Br)ccc4o3)nc3ccccc3c2=O)c(Br)cc1OCc1cccc(C(=O)O)c1. The number of halogens is 2. The first-order valence-corrected chi connectivity index (χ1v) is 15.1. The number of carboxylic acid groups (broad SMARTS) is 1. The second kappa shape index (κ2) is 12.5. The van der Waals surface area contributed by atoms with Gasteiger partial charge in [-0.05, 0) is 89.1 Å². The van der Waals surface area contributed by atoms with E-state index < -0.39 is 5.97 Å². The standard InChI is InChI=1S/C33H23Br2N3O6/c1-2-42-28-15-22(25(35)16-29(28)43-18-19-6-5-7-20(12-19)33(40)41)17-36-38-31(37-26-9-4-3-8-24(26)32(38)39)30-14-21-13-23(34)10-11-27(21)44-30/h3-17H,2,18H2,1H3,(H,40,41). The van der Waals surface area contributed by atoms with Crippen molar-refractivity contribution in [2.75, 3.05) is 6.61 Å². The fraction of sp³-hybridized carbons (Fsp3) is 0.0909. The molecular formula is C33H23Br2N3O6. The average Bonchev–Trinajstić information content (AvgIpc) is 3.44. The van der Waals surface area contributed by atoms with Gasteiger partial charge in [-0.15, -0.1) is 0 Å². The first kappa shape index (κ1) is 29.3. The molecule has 0 spiro atoms. The van der Waals surface area contributed by atoms with Crippen LogP contribution in [0.5, 0.6) is 11.5 Å². The van der Waals surface area contributed by atoms with Gasteiger partial charge in [0, 0.05) is 19.9 Å². The molecule has 11 heteroatoms. The number of hydrogen-bond donors (Lipinski definition) is 1. The summed E-state index contributed by atoms with van der Waals surface area (Å²) in [5, 5.41) is 15.1. The van der Waals surface area contributed by atoms with E-state index in [1.807, 2.05) is 37.3 Å². The fourth-order valence-electron chi connectivity index (χ4n) is 4.62. The molecule has 0 aliphatic heterocycles. The van der Waals surface area contributed by atoms with E-state index in [-0.39, 0.29) is 23.6 Å². The first-order chi connectivity index (χ1) is 21.3. The summed E-state index contributed by atoms with van der Waals surface area (Å²) >= 11 is 7.07. The van der Waals surface area contributed by atoms with Gasteiger partial charge in [0.05, 0.1) is 29.3 Å². The molecule has 44 heavy (non-hydrogen) atoms. The molecule has 0 saturated heterocycles. The molecule has 0 unspecified atom stereocenters. The van der Waals surface area contributed by atoms with Crippen LogP contribution in [0, 0.1) is 0 Å². The van der Waals surface area contributed by atoms with Crippen molar-refractivity contribution < 1.29 is 23.8 Å². The zero-order valence-electron chi connectivity index (χ0n) is 23.2. The van der Waals surface area contributed by atoms with Crippen LogP contribution in [0.4, 0.5) is 0 Å². The van der Waals surface area contributed by atoms with E-state index in [1.165, 1.54) is 17.0 Å². The zero-order valence-corrected chi connectivity index (χ0v) is 26.3. The third-order valence-corrected chi connectivity index (χ3v) is 7.88. The molecule has 0 aliphatic carbocycles. The molecule has 2 heterocycles. The van der Waals surface area contributed by atoms with E-state index in [0.717, 1.165) is 9.86 Å². The minimum Gasteiger partial charge on any atom is -0.490 e. The van der Waals surface area contributed by atoms with Crippen LogP contribution in [-0.2, 0) is 6.61 Å². The molecule has 0 saturated carbocycles. The topological polar surface area (TPSA) is 116 Å². The molecule has 0 fully saturated rings. The van der Waals surface area contributed by atoms with E-state index in [9.17, 15) is 14.7 Å². The van der Waals surface area contributed by atoms with Crippen molar-refractivity contribution in [1.29, 1.82) is 0 Å². The van der Waals surface area contributed by atoms with Crippen molar-refractivity contribution >= 4 is 65.9 Å². The van der Waals surface area contributed by atoms with Gasteiger partial charge in [0.25, 0.3) is 5.56 Å². The quantitative estimate of drug-likeness (QED) is 0.151. The molecule has 0 bridgehead atoms. The lowest BCUT2D eigenvalue weighted by atomic mass is 10.1. The van der Waals surface area contributed by atoms with E-state index in [0.29, 0.717) is 56.0 Å². The predicted octanol–water partition coefficient (Wildman–Crippen LogP) is 7.89. The maximum Gasteiger partial charge on any atom is 0.335 e. The summed E-state index contributed by atoms with van der Waals surface area (Å²) in [5.74, 6) is 0.546. The van der Waals surface area contributed by atoms with Gasteiger partial charge in [0.2, 0.25) is 5.82 Å². The number of nitrogens with zero attached hydrogens (tertiary/aromatic N) is 3. The predicted molar refractivity (Wildman–Crippen MR) is 175 cm³/mol. The molecule has 9 nitrogen and oxygen atoms in total. The smallest absolute Gasteiger partial charge is 0.335 e. The van der Waals surface area contributed by atoms with Gasteiger partial charge in [-0.3, -0.25) is 4.79 Å². The molecule has 6 rings (SSSR count). The van der Waals surface area contributed by atoms with Crippen LogP contribution in [-0.4, -0.2) is 33.6 Å². The molecule has 6 aromatic rings. The Bertz CT molecular complexity index is 2140. The lowest BCUT2D eigenvalue weighted by Crippen LogP contribution is -2.20. The Labute approximate surface area is 267 Å². The lowest BCUT2D eigenvalue weighted by Gasteiger charge is -2.14. The summed E-state index contributed by atoms with van der Waals surface area (Å²) < 4.78 is 20.7. The highest BCUT2D eigenvalue weighted by atomic mass is 79.9. The van der Waals surface area contributed by atoms with Crippen LogP contribution in [0.1, 0.15) is 28.4 Å². The van der Waals surface area contributed by atoms with E-state index in [4.69, 9.17) is 18.9 Å². The highest BCUT2D eigenvalue weighted by molar-refractivity contribution is 9.10. The fourth-order valence-corrected chi connectivity index (χ4v) is 5.42. The molecule has 1 N–H and O–H groups in total. The number of carboxylic acids is 1. The third-order valence-electron chi connectivity index (χ3n) is 6.70. The number of para-hydroxylation sites is 1. The van der Waals surface area contributed by atoms with Crippen LogP contribution in [0.3, 0.4) is 0 Å². The number of ether oxygens (including phenoxy) is 2. The Hall–Kier alpha value is -4.74. The van der Waals surface area contributed by atoms with Crippen molar-refractivity contribution in [1.82, 2.24) is 9.66 Å². The van der Waals surface area contributed by atoms with E-state index >= 15 is 0 Å². The Morgan fingerprint density at radius 1 is 1.00 bits per heavy atom. The van der Waals surface area contributed by atoms with Crippen molar-refractivity contribution in [3.63, 3.8) is 0 Å². The average molecular weight is 717 g/mol. The van der Waals surface area contributed by atoms with Gasteiger partial charge < -0.3 is 19.0 Å². The number of aromatic nitrogens is 2. The molecule has 0 atom stereocenters. The summed E-state index contributed by atoms with van der Waals surface area (Å²) in [6, 6.07) is 24.6. The molecule has 0 radical (unpaired) electrons.